The molecule has 0 bridgehead atoms. The minimum Gasteiger partial charge on any atom is -0.480 e. The van der Waals surface area contributed by atoms with Crippen LogP contribution < -0.4 is 5.73 Å². The Kier molecular flexibility index (Phi) is 2.41. The zero-order valence-electron chi connectivity index (χ0n) is 7.46. The minimum absolute atomic E-state index is 0.0920. The van der Waals surface area contributed by atoms with Crippen molar-refractivity contribution >= 4 is 27.5 Å². The lowest BCUT2D eigenvalue weighted by atomic mass is 10.3. The third-order valence-corrected chi connectivity index (χ3v) is 2.49. The summed E-state index contributed by atoms with van der Waals surface area (Å²) in [6, 6.07) is 2.36. The van der Waals surface area contributed by atoms with Gasteiger partial charge < -0.3 is 10.8 Å². The van der Waals surface area contributed by atoms with Crippen molar-refractivity contribution in [2.75, 3.05) is 0 Å². The van der Waals surface area contributed by atoms with Gasteiger partial charge in [0, 0.05) is 6.20 Å². The van der Waals surface area contributed by atoms with Crippen molar-refractivity contribution in [3.8, 4) is 0 Å². The summed E-state index contributed by atoms with van der Waals surface area (Å²) in [6.07, 6.45) is 1.67. The maximum atomic E-state index is 10.6. The number of nitrogens with zero attached hydrogens (tertiary/aromatic N) is 3. The van der Waals surface area contributed by atoms with Crippen molar-refractivity contribution in [1.29, 1.82) is 0 Å². The first-order valence-corrected chi connectivity index (χ1v) is 4.88. The maximum Gasteiger partial charge on any atom is 0.328 e. The predicted molar refractivity (Wildman–Crippen MR) is 55.3 cm³/mol. The van der Waals surface area contributed by atoms with Crippen molar-refractivity contribution in [1.82, 2.24) is 14.6 Å². The number of carboxylic acid groups (broad SMARTS) is 1. The van der Waals surface area contributed by atoms with Crippen molar-refractivity contribution in [2.45, 2.75) is 6.04 Å². The number of carboxylic acids is 1. The minimum atomic E-state index is -1.20. The first-order valence-electron chi connectivity index (χ1n) is 4.09. The summed E-state index contributed by atoms with van der Waals surface area (Å²) in [6.45, 7) is 0. The number of hydrogen-bond donors (Lipinski definition) is 2. The summed E-state index contributed by atoms with van der Waals surface area (Å²) in [7, 11) is 0. The van der Waals surface area contributed by atoms with Crippen LogP contribution in [0.3, 0.4) is 0 Å². The number of rotatable bonds is 2. The van der Waals surface area contributed by atoms with Crippen LogP contribution >= 0.6 is 15.9 Å². The molecule has 0 amide bonds. The summed E-state index contributed by atoms with van der Waals surface area (Å²) in [5.41, 5.74) is 5.94. The van der Waals surface area contributed by atoms with E-state index in [0.717, 1.165) is 4.47 Å². The van der Waals surface area contributed by atoms with Crippen LogP contribution in [0, 0.1) is 0 Å². The van der Waals surface area contributed by atoms with Crippen LogP contribution in [0.5, 0.6) is 0 Å². The van der Waals surface area contributed by atoms with E-state index < -0.39 is 12.0 Å². The fourth-order valence-corrected chi connectivity index (χ4v) is 1.56. The summed E-state index contributed by atoms with van der Waals surface area (Å²) in [5, 5.41) is 12.7. The molecule has 2 aromatic rings. The average Bonchev–Trinajstić information content (AvgIpc) is 2.61. The first-order chi connectivity index (χ1) is 7.09. The van der Waals surface area contributed by atoms with Crippen molar-refractivity contribution in [2.24, 2.45) is 5.73 Å². The number of aromatic nitrogens is 3. The Balaban J connectivity index is 2.56. The zero-order chi connectivity index (χ0) is 11.0. The molecule has 78 valence electrons. The van der Waals surface area contributed by atoms with E-state index in [0.29, 0.717) is 5.65 Å². The van der Waals surface area contributed by atoms with Crippen LogP contribution in [0.15, 0.2) is 22.8 Å². The third kappa shape index (κ3) is 1.71. The molecule has 0 aliphatic heterocycles. The van der Waals surface area contributed by atoms with Crippen molar-refractivity contribution in [3.63, 3.8) is 0 Å². The van der Waals surface area contributed by atoms with Crippen molar-refractivity contribution < 1.29 is 9.90 Å². The molecule has 0 saturated heterocycles. The van der Waals surface area contributed by atoms with Gasteiger partial charge in [0.2, 0.25) is 0 Å². The highest BCUT2D eigenvalue weighted by Crippen LogP contribution is 2.17. The SMILES string of the molecule is NC(C(=O)O)c1nc2c(Br)cccn2n1. The summed E-state index contributed by atoms with van der Waals surface area (Å²) >= 11 is 3.28. The van der Waals surface area contributed by atoms with Gasteiger partial charge in [0.1, 0.15) is 0 Å². The zero-order valence-corrected chi connectivity index (χ0v) is 9.05. The molecule has 3 N–H and O–H groups in total. The molecule has 15 heavy (non-hydrogen) atoms. The van der Waals surface area contributed by atoms with Crippen LogP contribution in [-0.2, 0) is 4.79 Å². The van der Waals surface area contributed by atoms with E-state index in [9.17, 15) is 4.79 Å². The lowest BCUT2D eigenvalue weighted by Gasteiger charge is -1.97. The Morgan fingerprint density at radius 3 is 3.00 bits per heavy atom. The van der Waals surface area contributed by atoms with Gasteiger partial charge in [-0.3, -0.25) is 4.79 Å². The molecular weight excluding hydrogens is 264 g/mol. The molecule has 0 saturated carbocycles. The molecule has 1 unspecified atom stereocenters. The average molecular weight is 271 g/mol. The van der Waals surface area contributed by atoms with E-state index in [-0.39, 0.29) is 5.82 Å². The van der Waals surface area contributed by atoms with Crippen LogP contribution in [0.25, 0.3) is 5.65 Å². The lowest BCUT2D eigenvalue weighted by molar-refractivity contribution is -0.138. The molecule has 0 aliphatic rings. The Bertz CT molecular complexity index is 524. The van der Waals surface area contributed by atoms with Gasteiger partial charge in [0.25, 0.3) is 0 Å². The van der Waals surface area contributed by atoms with Crippen LogP contribution in [0.1, 0.15) is 11.9 Å². The number of pyridine rings is 1. The van der Waals surface area contributed by atoms with Gasteiger partial charge in [-0.15, -0.1) is 5.10 Å². The molecular formula is C8H7BrN4O2. The monoisotopic (exact) mass is 270 g/mol. The number of carbonyl (C=O) groups is 1. The van der Waals surface area contributed by atoms with Gasteiger partial charge in [0.05, 0.1) is 4.47 Å². The van der Waals surface area contributed by atoms with Crippen LogP contribution in [-0.4, -0.2) is 25.7 Å². The van der Waals surface area contributed by atoms with E-state index in [1.54, 1.807) is 18.3 Å². The van der Waals surface area contributed by atoms with E-state index in [4.69, 9.17) is 10.8 Å². The highest BCUT2D eigenvalue weighted by molar-refractivity contribution is 9.10. The maximum absolute atomic E-state index is 10.6. The van der Waals surface area contributed by atoms with E-state index >= 15 is 0 Å². The molecule has 0 aromatic carbocycles. The number of nitrogens with two attached hydrogens (primary N) is 1. The normalized spacial score (nSPS) is 12.9. The molecule has 0 aliphatic carbocycles. The molecule has 2 aromatic heterocycles. The van der Waals surface area contributed by atoms with Gasteiger partial charge in [0.15, 0.2) is 17.5 Å². The third-order valence-electron chi connectivity index (χ3n) is 1.88. The Morgan fingerprint density at radius 2 is 2.40 bits per heavy atom. The Morgan fingerprint density at radius 1 is 1.67 bits per heavy atom. The van der Waals surface area contributed by atoms with Gasteiger partial charge in [-0.1, -0.05) is 0 Å². The fraction of sp³-hybridized carbons (Fsp3) is 0.125. The number of fused-ring (bicyclic) bond motifs is 1. The second kappa shape index (κ2) is 3.59. The van der Waals surface area contributed by atoms with Gasteiger partial charge >= 0.3 is 5.97 Å². The molecule has 7 heteroatoms. The molecule has 2 rings (SSSR count). The fourth-order valence-electron chi connectivity index (χ4n) is 1.13. The number of aliphatic carboxylic acids is 1. The van der Waals surface area contributed by atoms with Gasteiger partial charge in [-0.05, 0) is 28.1 Å². The molecule has 0 fully saturated rings. The largest absolute Gasteiger partial charge is 0.480 e. The first kappa shape index (κ1) is 10.1. The van der Waals surface area contributed by atoms with Gasteiger partial charge in [-0.2, -0.15) is 0 Å². The molecule has 2 heterocycles. The second-order valence-corrected chi connectivity index (χ2v) is 3.76. The Labute approximate surface area is 92.9 Å². The number of hydrogen-bond acceptors (Lipinski definition) is 4. The molecule has 0 spiro atoms. The van der Waals surface area contributed by atoms with E-state index in [1.807, 2.05) is 0 Å². The van der Waals surface area contributed by atoms with Gasteiger partial charge in [-0.25, -0.2) is 9.50 Å². The molecule has 6 nitrogen and oxygen atoms in total. The highest BCUT2D eigenvalue weighted by atomic mass is 79.9. The highest BCUT2D eigenvalue weighted by Gasteiger charge is 2.20. The van der Waals surface area contributed by atoms with Crippen LogP contribution in [0.2, 0.25) is 0 Å². The summed E-state index contributed by atoms with van der Waals surface area (Å²) in [4.78, 5) is 14.7. The second-order valence-electron chi connectivity index (χ2n) is 2.91. The van der Waals surface area contributed by atoms with Crippen molar-refractivity contribution in [3.05, 3.63) is 28.6 Å². The molecule has 0 radical (unpaired) electrons. The summed E-state index contributed by atoms with van der Waals surface area (Å²) in [5.74, 6) is -1.06. The Hall–Kier alpha value is -1.47. The summed E-state index contributed by atoms with van der Waals surface area (Å²) < 4.78 is 2.21. The topological polar surface area (TPSA) is 93.5 Å². The van der Waals surface area contributed by atoms with Crippen LogP contribution in [0.4, 0.5) is 0 Å². The predicted octanol–water partition coefficient (Wildman–Crippen LogP) is 0.576. The standard InChI is InChI=1S/C8H7BrN4O2/c9-4-2-1-3-13-7(4)11-6(12-13)5(10)8(14)15/h1-3,5H,10H2,(H,14,15). The quantitative estimate of drug-likeness (QED) is 0.833. The van der Waals surface area contributed by atoms with E-state index in [2.05, 4.69) is 26.0 Å². The molecule has 1 atom stereocenters. The number of halogens is 1. The smallest absolute Gasteiger partial charge is 0.328 e. The lowest BCUT2D eigenvalue weighted by Crippen LogP contribution is -2.22. The van der Waals surface area contributed by atoms with E-state index in [1.165, 1.54) is 4.52 Å².